The third kappa shape index (κ3) is 3.81. The zero-order chi connectivity index (χ0) is 22.1. The summed E-state index contributed by atoms with van der Waals surface area (Å²) < 4.78 is 15.6. The van der Waals surface area contributed by atoms with Gasteiger partial charge in [0.2, 0.25) is 0 Å². The normalized spacial score (nSPS) is 10.9. The first kappa shape index (κ1) is 19.8. The van der Waals surface area contributed by atoms with Gasteiger partial charge in [-0.3, -0.25) is 0 Å². The number of para-hydroxylation sites is 2. The maximum atomic E-state index is 13.5. The summed E-state index contributed by atoms with van der Waals surface area (Å²) in [5.41, 5.74) is 4.84. The fraction of sp³-hybridized carbons (Fsp3) is 0. The van der Waals surface area contributed by atoms with Crippen molar-refractivity contribution in [3.05, 3.63) is 102 Å². The molecule has 0 aliphatic rings. The van der Waals surface area contributed by atoms with Crippen LogP contribution in [0.4, 0.5) is 4.39 Å². The Labute approximate surface area is 188 Å². The number of aromatic amines is 1. The third-order valence-electron chi connectivity index (χ3n) is 5.07. The molecule has 5 rings (SSSR count). The second kappa shape index (κ2) is 8.20. The smallest absolute Gasteiger partial charge is 0.197 e. The minimum atomic E-state index is -0.320. The number of benzene rings is 3. The zero-order valence-corrected chi connectivity index (χ0v) is 17.6. The molecule has 0 fully saturated rings. The number of H-pyrrole nitrogens is 1. The number of rotatable bonds is 4. The van der Waals surface area contributed by atoms with Crippen LogP contribution in [0.2, 0.25) is 0 Å². The third-order valence-corrected chi connectivity index (χ3v) is 5.26. The Morgan fingerprint density at radius 2 is 1.59 bits per heavy atom. The van der Waals surface area contributed by atoms with Crippen molar-refractivity contribution in [2.75, 3.05) is 0 Å². The fourth-order valence-corrected chi connectivity index (χ4v) is 3.75. The molecule has 3 aromatic carbocycles. The van der Waals surface area contributed by atoms with Crippen molar-refractivity contribution in [3.63, 3.8) is 0 Å². The van der Waals surface area contributed by atoms with Gasteiger partial charge in [0.1, 0.15) is 17.3 Å². The highest BCUT2D eigenvalue weighted by Crippen LogP contribution is 2.34. The van der Waals surface area contributed by atoms with Crippen molar-refractivity contribution < 1.29 is 9.50 Å². The molecular weight excluding hydrogens is 423 g/mol. The van der Waals surface area contributed by atoms with E-state index in [-0.39, 0.29) is 16.3 Å². The van der Waals surface area contributed by atoms with Gasteiger partial charge in [-0.05, 0) is 66.8 Å². The van der Waals surface area contributed by atoms with E-state index in [4.69, 9.17) is 17.3 Å². The monoisotopic (exact) mass is 440 g/mol. The van der Waals surface area contributed by atoms with Gasteiger partial charge in [0.05, 0.1) is 17.1 Å². The molecule has 7 heteroatoms. The molecular formula is C25H17FN4OS. The van der Waals surface area contributed by atoms with Gasteiger partial charge in [-0.1, -0.05) is 30.3 Å². The van der Waals surface area contributed by atoms with Crippen molar-refractivity contribution in [1.29, 1.82) is 0 Å². The Balaban J connectivity index is 1.72. The molecule has 2 aromatic heterocycles. The van der Waals surface area contributed by atoms with Gasteiger partial charge < -0.3 is 10.1 Å². The van der Waals surface area contributed by atoms with Crippen LogP contribution in [-0.2, 0) is 0 Å². The van der Waals surface area contributed by atoms with Crippen LogP contribution in [0.15, 0.2) is 91.1 Å². The number of nitrogens with one attached hydrogen (secondary N) is 1. The second-order valence-corrected chi connectivity index (χ2v) is 7.57. The first-order chi connectivity index (χ1) is 15.6. The minimum Gasteiger partial charge on any atom is -0.507 e. The van der Waals surface area contributed by atoms with Gasteiger partial charge in [0.25, 0.3) is 0 Å². The van der Waals surface area contributed by atoms with E-state index in [1.54, 1.807) is 35.0 Å². The van der Waals surface area contributed by atoms with E-state index in [0.717, 1.165) is 16.8 Å². The molecule has 32 heavy (non-hydrogen) atoms. The topological polar surface area (TPSA) is 66.7 Å². The van der Waals surface area contributed by atoms with Crippen LogP contribution < -0.4 is 0 Å². The minimum absolute atomic E-state index is 0.133. The Kier molecular flexibility index (Phi) is 5.09. The number of phenols is 1. The van der Waals surface area contributed by atoms with Gasteiger partial charge in [-0.2, -0.15) is 5.10 Å². The number of nitrogens with zero attached hydrogens (tertiary/aromatic N) is 3. The number of aromatic nitrogens is 4. The van der Waals surface area contributed by atoms with Gasteiger partial charge in [0, 0.05) is 22.9 Å². The lowest BCUT2D eigenvalue weighted by Crippen LogP contribution is -1.94. The molecule has 5 nitrogen and oxygen atoms in total. The molecule has 156 valence electrons. The lowest BCUT2D eigenvalue weighted by molar-refractivity contribution is 0.477. The summed E-state index contributed by atoms with van der Waals surface area (Å²) in [5, 5.41) is 15.1. The van der Waals surface area contributed by atoms with E-state index in [0.29, 0.717) is 22.6 Å². The van der Waals surface area contributed by atoms with Crippen LogP contribution in [0.5, 0.6) is 5.75 Å². The number of hydrogen-bond donors (Lipinski definition) is 2. The van der Waals surface area contributed by atoms with Crippen LogP contribution in [0, 0.1) is 10.6 Å². The molecule has 0 aliphatic carbocycles. The van der Waals surface area contributed by atoms with Gasteiger partial charge in [-0.25, -0.2) is 14.1 Å². The molecule has 2 heterocycles. The largest absolute Gasteiger partial charge is 0.507 e. The lowest BCUT2D eigenvalue weighted by Gasteiger charge is -2.07. The van der Waals surface area contributed by atoms with Gasteiger partial charge in [0.15, 0.2) is 4.77 Å². The second-order valence-electron chi connectivity index (χ2n) is 7.18. The van der Waals surface area contributed by atoms with E-state index >= 15 is 0 Å². The summed E-state index contributed by atoms with van der Waals surface area (Å²) in [6.45, 7) is 0. The lowest BCUT2D eigenvalue weighted by atomic mass is 10.0. The van der Waals surface area contributed by atoms with Gasteiger partial charge in [-0.15, -0.1) is 0 Å². The molecule has 0 unspecified atom stereocenters. The van der Waals surface area contributed by atoms with Crippen LogP contribution >= 0.6 is 12.2 Å². The Morgan fingerprint density at radius 3 is 2.34 bits per heavy atom. The van der Waals surface area contributed by atoms with E-state index < -0.39 is 0 Å². The molecule has 0 bridgehead atoms. The molecule has 0 atom stereocenters. The summed E-state index contributed by atoms with van der Waals surface area (Å²) >= 11 is 5.38. The molecule has 5 aromatic rings. The fourth-order valence-electron chi connectivity index (χ4n) is 3.54. The van der Waals surface area contributed by atoms with Crippen LogP contribution in [0.1, 0.15) is 0 Å². The van der Waals surface area contributed by atoms with E-state index in [2.05, 4.69) is 9.97 Å². The standard InChI is InChI=1S/C25H17FN4OS/c26-17-12-10-16(11-13-17)24-20(15-30(29-24)18-6-2-1-3-7-18)22-14-21(27-25(32)28-22)19-8-4-5-9-23(19)31/h1-15,31H,(H,27,28,32). The van der Waals surface area contributed by atoms with Crippen molar-refractivity contribution in [2.24, 2.45) is 0 Å². The quantitative estimate of drug-likeness (QED) is 0.328. The highest BCUT2D eigenvalue weighted by atomic mass is 32.1. The zero-order valence-electron chi connectivity index (χ0n) is 16.7. The maximum absolute atomic E-state index is 13.5. The molecule has 0 amide bonds. The summed E-state index contributed by atoms with van der Waals surface area (Å²) in [4.78, 5) is 7.57. The average molecular weight is 441 g/mol. The molecule has 0 radical (unpaired) electrons. The van der Waals surface area contributed by atoms with Gasteiger partial charge >= 0.3 is 0 Å². The molecule has 0 saturated carbocycles. The predicted molar refractivity (Wildman–Crippen MR) is 124 cm³/mol. The predicted octanol–water partition coefficient (Wildman–Crippen LogP) is 6.17. The van der Waals surface area contributed by atoms with Crippen LogP contribution in [0.25, 0.3) is 39.5 Å². The Bertz CT molecular complexity index is 1460. The summed E-state index contributed by atoms with van der Waals surface area (Å²) in [5.74, 6) is -0.186. The Hall–Kier alpha value is -4.10. The number of aromatic hydroxyl groups is 1. The van der Waals surface area contributed by atoms with E-state index in [9.17, 15) is 9.50 Å². The number of hydrogen-bond acceptors (Lipinski definition) is 4. The maximum Gasteiger partial charge on any atom is 0.197 e. The van der Waals surface area contributed by atoms with Crippen molar-refractivity contribution in [1.82, 2.24) is 19.7 Å². The number of phenolic OH excluding ortho intramolecular Hbond substituents is 1. The van der Waals surface area contributed by atoms with Crippen molar-refractivity contribution in [2.45, 2.75) is 0 Å². The first-order valence-corrected chi connectivity index (χ1v) is 10.3. The number of halogens is 1. The summed E-state index contributed by atoms with van der Waals surface area (Å²) in [6, 6.07) is 24.7. The summed E-state index contributed by atoms with van der Waals surface area (Å²) in [7, 11) is 0. The molecule has 2 N–H and O–H groups in total. The van der Waals surface area contributed by atoms with Crippen LogP contribution in [0.3, 0.4) is 0 Å². The van der Waals surface area contributed by atoms with Crippen molar-refractivity contribution >= 4 is 12.2 Å². The molecule has 0 aliphatic heterocycles. The van der Waals surface area contributed by atoms with Crippen LogP contribution in [-0.4, -0.2) is 24.9 Å². The van der Waals surface area contributed by atoms with E-state index in [1.165, 1.54) is 12.1 Å². The van der Waals surface area contributed by atoms with Crippen molar-refractivity contribution in [3.8, 4) is 45.2 Å². The Morgan fingerprint density at radius 1 is 0.875 bits per heavy atom. The highest BCUT2D eigenvalue weighted by Gasteiger charge is 2.17. The molecule has 0 spiro atoms. The van der Waals surface area contributed by atoms with E-state index in [1.807, 2.05) is 48.7 Å². The SMILES string of the molecule is Oc1ccccc1-c1cc(-c2cn(-c3ccccc3)nc2-c2ccc(F)cc2)nc(=S)[nH]1. The molecule has 0 saturated heterocycles. The highest BCUT2D eigenvalue weighted by molar-refractivity contribution is 7.71. The summed E-state index contributed by atoms with van der Waals surface area (Å²) in [6.07, 6.45) is 1.87. The average Bonchev–Trinajstić information content (AvgIpc) is 3.26. The first-order valence-electron chi connectivity index (χ1n) is 9.89.